The van der Waals surface area contributed by atoms with E-state index in [2.05, 4.69) is 15.1 Å². The quantitative estimate of drug-likeness (QED) is 0.824. The molecule has 0 bridgehead atoms. The topological polar surface area (TPSA) is 67.2 Å². The zero-order chi connectivity index (χ0) is 16.1. The molecule has 0 saturated heterocycles. The van der Waals surface area contributed by atoms with E-state index in [9.17, 15) is 4.39 Å². The SMILES string of the molecule is CC(C)Oc1ccc(-c2[nH]ncc2CN(C)CCN)cc1F. The summed E-state index contributed by atoms with van der Waals surface area (Å²) in [7, 11) is 1.99. The number of nitrogens with zero attached hydrogens (tertiary/aromatic N) is 2. The van der Waals surface area contributed by atoms with Gasteiger partial charge in [-0.15, -0.1) is 0 Å². The molecule has 1 aromatic heterocycles. The molecule has 2 aromatic rings. The van der Waals surface area contributed by atoms with Crippen molar-refractivity contribution in [2.45, 2.75) is 26.5 Å². The molecule has 1 aromatic carbocycles. The van der Waals surface area contributed by atoms with Crippen molar-refractivity contribution in [3.05, 3.63) is 35.8 Å². The van der Waals surface area contributed by atoms with Crippen molar-refractivity contribution in [1.29, 1.82) is 0 Å². The van der Waals surface area contributed by atoms with Crippen molar-refractivity contribution in [3.63, 3.8) is 0 Å². The number of hydrogen-bond donors (Lipinski definition) is 2. The molecule has 0 spiro atoms. The second-order valence-electron chi connectivity index (χ2n) is 5.61. The zero-order valence-electron chi connectivity index (χ0n) is 13.3. The Morgan fingerprint density at radius 3 is 2.82 bits per heavy atom. The summed E-state index contributed by atoms with van der Waals surface area (Å²) >= 11 is 0. The molecule has 0 saturated carbocycles. The van der Waals surface area contributed by atoms with Crippen molar-refractivity contribution in [1.82, 2.24) is 15.1 Å². The molecule has 3 N–H and O–H groups in total. The fourth-order valence-corrected chi connectivity index (χ4v) is 2.28. The lowest BCUT2D eigenvalue weighted by molar-refractivity contribution is 0.231. The Morgan fingerprint density at radius 1 is 1.41 bits per heavy atom. The minimum atomic E-state index is -0.373. The number of benzene rings is 1. The lowest BCUT2D eigenvalue weighted by Crippen LogP contribution is -2.25. The van der Waals surface area contributed by atoms with Crippen molar-refractivity contribution < 1.29 is 9.13 Å². The summed E-state index contributed by atoms with van der Waals surface area (Å²) in [5.74, 6) is -0.109. The number of nitrogens with one attached hydrogen (secondary N) is 1. The highest BCUT2D eigenvalue weighted by molar-refractivity contribution is 5.63. The van der Waals surface area contributed by atoms with Crippen molar-refractivity contribution in [3.8, 4) is 17.0 Å². The predicted molar refractivity (Wildman–Crippen MR) is 85.1 cm³/mol. The van der Waals surface area contributed by atoms with E-state index in [1.165, 1.54) is 6.07 Å². The average molecular weight is 306 g/mol. The van der Waals surface area contributed by atoms with Gasteiger partial charge in [0.1, 0.15) is 0 Å². The van der Waals surface area contributed by atoms with Crippen LogP contribution in [0.25, 0.3) is 11.3 Å². The number of hydrogen-bond acceptors (Lipinski definition) is 4. The van der Waals surface area contributed by atoms with Crippen molar-refractivity contribution >= 4 is 0 Å². The Balaban J connectivity index is 2.22. The van der Waals surface area contributed by atoms with Gasteiger partial charge in [-0.3, -0.25) is 5.10 Å². The van der Waals surface area contributed by atoms with Crippen LogP contribution in [-0.4, -0.2) is 41.3 Å². The number of likely N-dealkylation sites (N-methyl/N-ethyl adjacent to an activating group) is 1. The molecule has 6 heteroatoms. The summed E-state index contributed by atoms with van der Waals surface area (Å²) in [4.78, 5) is 2.10. The maximum Gasteiger partial charge on any atom is 0.165 e. The average Bonchev–Trinajstić information content (AvgIpc) is 2.89. The maximum atomic E-state index is 14.1. The molecule has 0 aliphatic heterocycles. The maximum absolute atomic E-state index is 14.1. The molecule has 0 fully saturated rings. The van der Waals surface area contributed by atoms with E-state index in [-0.39, 0.29) is 17.7 Å². The van der Waals surface area contributed by atoms with E-state index in [0.29, 0.717) is 13.1 Å². The first-order chi connectivity index (χ1) is 10.5. The first-order valence-electron chi connectivity index (χ1n) is 7.38. The second kappa shape index (κ2) is 7.38. The first-order valence-corrected chi connectivity index (χ1v) is 7.38. The van der Waals surface area contributed by atoms with Crippen LogP contribution in [0, 0.1) is 5.82 Å². The molecule has 0 aliphatic rings. The number of aromatic amines is 1. The van der Waals surface area contributed by atoms with Crippen LogP contribution in [0.1, 0.15) is 19.4 Å². The third-order valence-electron chi connectivity index (χ3n) is 3.25. The Kier molecular flexibility index (Phi) is 5.51. The van der Waals surface area contributed by atoms with E-state index >= 15 is 0 Å². The number of nitrogens with two attached hydrogens (primary N) is 1. The molecule has 0 radical (unpaired) electrons. The third kappa shape index (κ3) is 4.05. The molecule has 120 valence electrons. The van der Waals surface area contributed by atoms with E-state index in [4.69, 9.17) is 10.5 Å². The number of H-pyrrole nitrogens is 1. The van der Waals surface area contributed by atoms with Crippen molar-refractivity contribution in [2.75, 3.05) is 20.1 Å². The van der Waals surface area contributed by atoms with E-state index in [1.54, 1.807) is 12.3 Å². The third-order valence-corrected chi connectivity index (χ3v) is 3.25. The fraction of sp³-hybridized carbons (Fsp3) is 0.438. The number of halogens is 1. The van der Waals surface area contributed by atoms with Gasteiger partial charge in [-0.05, 0) is 39.1 Å². The molecule has 5 nitrogen and oxygen atoms in total. The van der Waals surface area contributed by atoms with Gasteiger partial charge in [-0.1, -0.05) is 0 Å². The van der Waals surface area contributed by atoms with Gasteiger partial charge in [0.25, 0.3) is 0 Å². The molecule has 0 amide bonds. The van der Waals surface area contributed by atoms with Gasteiger partial charge in [0, 0.05) is 30.8 Å². The Hall–Kier alpha value is -1.92. The van der Waals surface area contributed by atoms with Gasteiger partial charge < -0.3 is 15.4 Å². The van der Waals surface area contributed by atoms with Crippen LogP contribution >= 0.6 is 0 Å². The van der Waals surface area contributed by atoms with Crippen LogP contribution in [0.15, 0.2) is 24.4 Å². The largest absolute Gasteiger partial charge is 0.488 e. The summed E-state index contributed by atoms with van der Waals surface area (Å²) < 4.78 is 19.6. The van der Waals surface area contributed by atoms with Crippen LogP contribution in [0.2, 0.25) is 0 Å². The standard InChI is InChI=1S/C16H23FN4O/c1-11(2)22-15-5-4-12(8-14(15)17)16-13(9-19-20-16)10-21(3)7-6-18/h4-5,8-9,11H,6-7,10,18H2,1-3H3,(H,19,20). The lowest BCUT2D eigenvalue weighted by atomic mass is 10.1. The molecular formula is C16H23FN4O. The number of rotatable bonds is 7. The fourth-order valence-electron chi connectivity index (χ4n) is 2.28. The van der Waals surface area contributed by atoms with Crippen LogP contribution in [0.3, 0.4) is 0 Å². The summed E-state index contributed by atoms with van der Waals surface area (Å²) in [5, 5.41) is 7.02. The van der Waals surface area contributed by atoms with Crippen LogP contribution < -0.4 is 10.5 Å². The van der Waals surface area contributed by atoms with E-state index in [0.717, 1.165) is 23.4 Å². The van der Waals surface area contributed by atoms with E-state index < -0.39 is 0 Å². The molecular weight excluding hydrogens is 283 g/mol. The van der Waals surface area contributed by atoms with E-state index in [1.807, 2.05) is 27.0 Å². The minimum Gasteiger partial charge on any atom is -0.488 e. The molecule has 2 rings (SSSR count). The van der Waals surface area contributed by atoms with Gasteiger partial charge in [0.05, 0.1) is 18.0 Å². The summed E-state index contributed by atoms with van der Waals surface area (Å²) in [6, 6.07) is 4.96. The molecule has 1 heterocycles. The summed E-state index contributed by atoms with van der Waals surface area (Å²) in [6.45, 7) is 5.83. The first kappa shape index (κ1) is 16.5. The minimum absolute atomic E-state index is 0.0621. The van der Waals surface area contributed by atoms with Crippen LogP contribution in [-0.2, 0) is 6.54 Å². The Morgan fingerprint density at radius 2 is 2.18 bits per heavy atom. The highest BCUT2D eigenvalue weighted by Gasteiger charge is 2.13. The van der Waals surface area contributed by atoms with Gasteiger partial charge in [-0.2, -0.15) is 5.10 Å². The normalized spacial score (nSPS) is 11.4. The Bertz CT molecular complexity index is 612. The summed E-state index contributed by atoms with van der Waals surface area (Å²) in [5.41, 5.74) is 8.13. The van der Waals surface area contributed by atoms with Crippen LogP contribution in [0.4, 0.5) is 4.39 Å². The summed E-state index contributed by atoms with van der Waals surface area (Å²) in [6.07, 6.45) is 1.70. The highest BCUT2D eigenvalue weighted by Crippen LogP contribution is 2.27. The smallest absolute Gasteiger partial charge is 0.165 e. The Labute approximate surface area is 130 Å². The highest BCUT2D eigenvalue weighted by atomic mass is 19.1. The van der Waals surface area contributed by atoms with Crippen LogP contribution in [0.5, 0.6) is 5.75 Å². The van der Waals surface area contributed by atoms with Crippen molar-refractivity contribution in [2.24, 2.45) is 5.73 Å². The number of ether oxygens (including phenoxy) is 1. The zero-order valence-corrected chi connectivity index (χ0v) is 13.3. The van der Waals surface area contributed by atoms with Gasteiger partial charge >= 0.3 is 0 Å². The molecule has 22 heavy (non-hydrogen) atoms. The van der Waals surface area contributed by atoms with Gasteiger partial charge in [0.15, 0.2) is 11.6 Å². The second-order valence-corrected chi connectivity index (χ2v) is 5.61. The molecule has 0 atom stereocenters. The lowest BCUT2D eigenvalue weighted by Gasteiger charge is -2.15. The van der Waals surface area contributed by atoms with Gasteiger partial charge in [0.2, 0.25) is 0 Å². The molecule has 0 aliphatic carbocycles. The monoisotopic (exact) mass is 306 g/mol. The van der Waals surface area contributed by atoms with Gasteiger partial charge in [-0.25, -0.2) is 4.39 Å². The number of aromatic nitrogens is 2. The molecule has 0 unspecified atom stereocenters. The predicted octanol–water partition coefficient (Wildman–Crippen LogP) is 2.39.